The van der Waals surface area contributed by atoms with Crippen LogP contribution in [0.25, 0.3) is 0 Å². The van der Waals surface area contributed by atoms with Crippen LogP contribution in [0.3, 0.4) is 0 Å². The molecule has 28 heavy (non-hydrogen) atoms. The van der Waals surface area contributed by atoms with Gasteiger partial charge in [-0.15, -0.1) is 0 Å². The molecular formula is C23H36O5. The van der Waals surface area contributed by atoms with E-state index in [9.17, 15) is 9.59 Å². The van der Waals surface area contributed by atoms with E-state index in [0.717, 1.165) is 18.3 Å². The van der Waals surface area contributed by atoms with Crippen molar-refractivity contribution in [1.82, 2.24) is 0 Å². The minimum atomic E-state index is -1.11. The zero-order chi connectivity index (χ0) is 21.7. The van der Waals surface area contributed by atoms with Gasteiger partial charge >= 0.3 is 11.9 Å². The van der Waals surface area contributed by atoms with Crippen molar-refractivity contribution < 1.29 is 24.5 Å². The Labute approximate surface area is 169 Å². The Morgan fingerprint density at radius 1 is 1.14 bits per heavy atom. The molecule has 2 aliphatic rings. The van der Waals surface area contributed by atoms with Gasteiger partial charge in [0.15, 0.2) is 0 Å². The molecule has 1 unspecified atom stereocenters. The van der Waals surface area contributed by atoms with E-state index in [4.69, 9.17) is 14.9 Å². The van der Waals surface area contributed by atoms with Gasteiger partial charge in [0.05, 0.1) is 0 Å². The maximum Gasteiger partial charge on any atom is 0.339 e. The van der Waals surface area contributed by atoms with Crippen molar-refractivity contribution in [3.05, 3.63) is 29.8 Å². The fourth-order valence-corrected chi connectivity index (χ4v) is 4.16. The Morgan fingerprint density at radius 3 is 2.00 bits per heavy atom. The molecule has 2 aliphatic carbocycles. The number of benzene rings is 1. The van der Waals surface area contributed by atoms with E-state index in [1.165, 1.54) is 31.9 Å². The standard InChI is InChI=1S/C12H20O2.C7H6O3.C4H10/c1-8(13)14-10-7-9-5-6-12(10,4)11(9,2)3;8-6-4-2-1-3-5(6)7(9)10;1-4(2)3/h9-10H,5-7H2,1-4H3;1-4,8H,(H,9,10);4H,1-3H3/t9-,10?,12-;;/m1../s1. The monoisotopic (exact) mass is 392 g/mol. The largest absolute Gasteiger partial charge is 0.507 e. The van der Waals surface area contributed by atoms with Gasteiger partial charge in [0, 0.05) is 12.3 Å². The van der Waals surface area contributed by atoms with Crippen LogP contribution >= 0.6 is 0 Å². The first-order valence-corrected chi connectivity index (χ1v) is 10.0. The van der Waals surface area contributed by atoms with Crippen LogP contribution in [0.1, 0.15) is 78.1 Å². The van der Waals surface area contributed by atoms with Crippen molar-refractivity contribution in [2.24, 2.45) is 22.7 Å². The van der Waals surface area contributed by atoms with Crippen LogP contribution in [0.5, 0.6) is 5.75 Å². The summed E-state index contributed by atoms with van der Waals surface area (Å²) in [6.45, 7) is 15.0. The summed E-state index contributed by atoms with van der Waals surface area (Å²) in [7, 11) is 0. The second-order valence-electron chi connectivity index (χ2n) is 9.26. The molecule has 0 amide bonds. The van der Waals surface area contributed by atoms with Gasteiger partial charge in [-0.05, 0) is 48.6 Å². The van der Waals surface area contributed by atoms with Gasteiger partial charge in [-0.3, -0.25) is 4.79 Å². The molecule has 158 valence electrons. The summed E-state index contributed by atoms with van der Waals surface area (Å²) < 4.78 is 5.44. The third-order valence-electron chi connectivity index (χ3n) is 6.16. The highest BCUT2D eigenvalue weighted by atomic mass is 16.5. The smallest absolute Gasteiger partial charge is 0.339 e. The summed E-state index contributed by atoms with van der Waals surface area (Å²) in [6, 6.07) is 5.81. The second-order valence-corrected chi connectivity index (χ2v) is 9.26. The Morgan fingerprint density at radius 2 is 1.68 bits per heavy atom. The Hall–Kier alpha value is -2.04. The summed E-state index contributed by atoms with van der Waals surface area (Å²) in [6.07, 6.45) is 3.75. The molecule has 3 atom stereocenters. The molecule has 0 radical (unpaired) electrons. The van der Waals surface area contributed by atoms with E-state index in [0.29, 0.717) is 5.41 Å². The van der Waals surface area contributed by atoms with Gasteiger partial charge in [-0.2, -0.15) is 0 Å². The maximum atomic E-state index is 11.0. The molecule has 5 nitrogen and oxygen atoms in total. The zero-order valence-corrected chi connectivity index (χ0v) is 18.3. The first-order chi connectivity index (χ1) is 12.8. The lowest BCUT2D eigenvalue weighted by Crippen LogP contribution is -2.37. The lowest BCUT2D eigenvalue weighted by molar-refractivity contribution is -0.154. The highest BCUT2D eigenvalue weighted by Crippen LogP contribution is 2.66. The highest BCUT2D eigenvalue weighted by Gasteiger charge is 2.62. The number of esters is 1. The average molecular weight is 393 g/mol. The van der Waals surface area contributed by atoms with Gasteiger partial charge < -0.3 is 14.9 Å². The summed E-state index contributed by atoms with van der Waals surface area (Å²) in [4.78, 5) is 21.3. The minimum Gasteiger partial charge on any atom is -0.507 e. The van der Waals surface area contributed by atoms with Crippen molar-refractivity contribution in [2.75, 3.05) is 0 Å². The van der Waals surface area contributed by atoms with Crippen molar-refractivity contribution in [1.29, 1.82) is 0 Å². The SMILES string of the molecule is CC(=O)OC1C[C@H]2CC[C@@]1(C)C2(C)C.CC(C)C.O=C(O)c1ccccc1O. The Bertz CT molecular complexity index is 677. The van der Waals surface area contributed by atoms with Crippen molar-refractivity contribution in [3.8, 4) is 5.75 Å². The Kier molecular flexibility index (Phi) is 8.09. The molecule has 2 fully saturated rings. The molecule has 2 bridgehead atoms. The molecule has 2 saturated carbocycles. The van der Waals surface area contributed by atoms with Gasteiger partial charge in [0.1, 0.15) is 17.4 Å². The van der Waals surface area contributed by atoms with Crippen LogP contribution in [-0.4, -0.2) is 28.3 Å². The molecule has 2 N–H and O–H groups in total. The molecule has 1 aromatic carbocycles. The van der Waals surface area contributed by atoms with Crippen molar-refractivity contribution in [3.63, 3.8) is 0 Å². The molecule has 1 aromatic rings. The molecule has 0 aliphatic heterocycles. The van der Waals surface area contributed by atoms with Crippen molar-refractivity contribution in [2.45, 2.75) is 73.8 Å². The van der Waals surface area contributed by atoms with Crippen molar-refractivity contribution >= 4 is 11.9 Å². The van der Waals surface area contributed by atoms with E-state index in [1.54, 1.807) is 12.1 Å². The number of para-hydroxylation sites is 1. The van der Waals surface area contributed by atoms with Crippen LogP contribution in [0, 0.1) is 22.7 Å². The third kappa shape index (κ3) is 5.49. The molecule has 0 saturated heterocycles. The second kappa shape index (κ2) is 9.44. The van der Waals surface area contributed by atoms with E-state index >= 15 is 0 Å². The topological polar surface area (TPSA) is 83.8 Å². The first-order valence-electron chi connectivity index (χ1n) is 10.0. The summed E-state index contributed by atoms with van der Waals surface area (Å²) in [5, 5.41) is 17.3. The van der Waals surface area contributed by atoms with Crippen LogP contribution in [0.2, 0.25) is 0 Å². The maximum absolute atomic E-state index is 11.0. The third-order valence-corrected chi connectivity index (χ3v) is 6.16. The summed E-state index contributed by atoms with van der Waals surface area (Å²) >= 11 is 0. The number of ether oxygens (including phenoxy) is 1. The lowest BCUT2D eigenvalue weighted by Gasteiger charge is -2.38. The lowest BCUT2D eigenvalue weighted by atomic mass is 9.70. The Balaban J connectivity index is 0.000000245. The molecule has 0 spiro atoms. The van der Waals surface area contributed by atoms with Crippen LogP contribution in [0.4, 0.5) is 0 Å². The summed E-state index contributed by atoms with van der Waals surface area (Å²) in [5.74, 6) is 0.143. The number of hydrogen-bond acceptors (Lipinski definition) is 4. The minimum absolute atomic E-state index is 0.0671. The quantitative estimate of drug-likeness (QED) is 0.648. The number of phenols is 1. The molecule has 5 heteroatoms. The summed E-state index contributed by atoms with van der Waals surface area (Å²) in [5.41, 5.74) is 0.485. The number of carbonyl (C=O) groups excluding carboxylic acids is 1. The number of carboxylic acids is 1. The zero-order valence-electron chi connectivity index (χ0n) is 18.3. The normalized spacial score (nSPS) is 26.6. The van der Waals surface area contributed by atoms with E-state index < -0.39 is 5.97 Å². The van der Waals surface area contributed by atoms with Crippen LogP contribution in [-0.2, 0) is 9.53 Å². The number of rotatable bonds is 2. The van der Waals surface area contributed by atoms with Crippen LogP contribution < -0.4 is 0 Å². The predicted octanol–water partition coefficient (Wildman–Crippen LogP) is 5.52. The fraction of sp³-hybridized carbons (Fsp3) is 0.652. The average Bonchev–Trinajstić information content (AvgIpc) is 2.88. The van der Waals surface area contributed by atoms with Gasteiger partial charge in [-0.1, -0.05) is 53.7 Å². The number of fused-ring (bicyclic) bond motifs is 2. The number of carboxylic acid groups (broad SMARTS) is 1. The van der Waals surface area contributed by atoms with E-state index in [1.807, 2.05) is 0 Å². The molecule has 0 heterocycles. The van der Waals surface area contributed by atoms with E-state index in [2.05, 4.69) is 41.5 Å². The molecular weight excluding hydrogens is 356 g/mol. The van der Waals surface area contributed by atoms with E-state index in [-0.39, 0.29) is 28.8 Å². The van der Waals surface area contributed by atoms with Gasteiger partial charge in [0.2, 0.25) is 0 Å². The fourth-order valence-electron chi connectivity index (χ4n) is 4.16. The number of hydrogen-bond donors (Lipinski definition) is 2. The number of carbonyl (C=O) groups is 2. The molecule has 3 rings (SSSR count). The van der Waals surface area contributed by atoms with Crippen LogP contribution in [0.15, 0.2) is 24.3 Å². The first kappa shape index (κ1) is 24.0. The number of aromatic hydroxyl groups is 1. The van der Waals surface area contributed by atoms with Gasteiger partial charge in [-0.25, -0.2) is 4.79 Å². The van der Waals surface area contributed by atoms with Gasteiger partial charge in [0.25, 0.3) is 0 Å². The number of aromatic carboxylic acids is 1. The predicted molar refractivity (Wildman–Crippen MR) is 110 cm³/mol. The highest BCUT2D eigenvalue weighted by molar-refractivity contribution is 5.90. The molecule has 0 aromatic heterocycles.